The van der Waals surface area contributed by atoms with Crippen LogP contribution in [0.4, 0.5) is 0 Å². The standard InChI is InChI=1S/C22H35N3O4/c26-21(14-17-4-2-1-3-5-17)25-10-6-19(15-25)22-23-20(24-29-22)9-13-28-16-18-7-11-27-12-8-18/h17-19H,1-16H2. The lowest BCUT2D eigenvalue weighted by molar-refractivity contribution is -0.131. The summed E-state index contributed by atoms with van der Waals surface area (Å²) in [5.41, 5.74) is 0. The molecule has 0 N–H and O–H groups in total. The summed E-state index contributed by atoms with van der Waals surface area (Å²) < 4.78 is 16.7. The van der Waals surface area contributed by atoms with Crippen molar-refractivity contribution in [3.05, 3.63) is 11.7 Å². The van der Waals surface area contributed by atoms with Crippen molar-refractivity contribution in [1.82, 2.24) is 15.0 Å². The third-order valence-corrected chi connectivity index (χ3v) is 6.73. The maximum Gasteiger partial charge on any atom is 0.231 e. The van der Waals surface area contributed by atoms with Crippen molar-refractivity contribution >= 4 is 5.91 Å². The zero-order chi connectivity index (χ0) is 19.9. The first kappa shape index (κ1) is 20.8. The monoisotopic (exact) mass is 405 g/mol. The summed E-state index contributed by atoms with van der Waals surface area (Å²) in [5, 5.41) is 4.12. The van der Waals surface area contributed by atoms with E-state index in [-0.39, 0.29) is 5.92 Å². The molecule has 1 atom stereocenters. The van der Waals surface area contributed by atoms with Crippen molar-refractivity contribution in [3.8, 4) is 0 Å². The summed E-state index contributed by atoms with van der Waals surface area (Å²) in [7, 11) is 0. The highest BCUT2D eigenvalue weighted by Crippen LogP contribution is 2.30. The first-order chi connectivity index (χ1) is 14.3. The Morgan fingerprint density at radius 3 is 2.72 bits per heavy atom. The van der Waals surface area contributed by atoms with Gasteiger partial charge in [0.2, 0.25) is 11.8 Å². The summed E-state index contributed by atoms with van der Waals surface area (Å²) in [4.78, 5) is 19.2. The number of amides is 1. The quantitative estimate of drug-likeness (QED) is 0.617. The predicted molar refractivity (Wildman–Crippen MR) is 107 cm³/mol. The van der Waals surface area contributed by atoms with Crippen molar-refractivity contribution in [2.45, 2.75) is 70.1 Å². The van der Waals surface area contributed by atoms with Gasteiger partial charge in [0.15, 0.2) is 5.82 Å². The second-order valence-corrected chi connectivity index (χ2v) is 8.96. The minimum absolute atomic E-state index is 0.176. The Balaban J connectivity index is 1.17. The molecule has 3 heterocycles. The van der Waals surface area contributed by atoms with Crippen LogP contribution in [0.2, 0.25) is 0 Å². The van der Waals surface area contributed by atoms with E-state index in [9.17, 15) is 4.79 Å². The highest BCUT2D eigenvalue weighted by molar-refractivity contribution is 5.76. The number of hydrogen-bond donors (Lipinski definition) is 0. The van der Waals surface area contributed by atoms with Gasteiger partial charge in [-0.3, -0.25) is 4.79 Å². The Hall–Kier alpha value is -1.47. The van der Waals surface area contributed by atoms with Gasteiger partial charge < -0.3 is 18.9 Å². The molecule has 1 aliphatic carbocycles. The maximum atomic E-state index is 12.6. The molecule has 7 nitrogen and oxygen atoms in total. The molecule has 29 heavy (non-hydrogen) atoms. The topological polar surface area (TPSA) is 77.7 Å². The van der Waals surface area contributed by atoms with E-state index in [0.717, 1.165) is 45.6 Å². The molecule has 3 aliphatic rings. The summed E-state index contributed by atoms with van der Waals surface area (Å²) >= 11 is 0. The fourth-order valence-electron chi connectivity index (χ4n) is 4.82. The summed E-state index contributed by atoms with van der Waals surface area (Å²) in [6, 6.07) is 0. The lowest BCUT2D eigenvalue weighted by Gasteiger charge is -2.24. The van der Waals surface area contributed by atoms with Gasteiger partial charge in [0, 0.05) is 45.8 Å². The van der Waals surface area contributed by atoms with Crippen LogP contribution in [0.5, 0.6) is 0 Å². The lowest BCUT2D eigenvalue weighted by Crippen LogP contribution is -2.30. The van der Waals surface area contributed by atoms with Gasteiger partial charge in [0.25, 0.3) is 0 Å². The third-order valence-electron chi connectivity index (χ3n) is 6.73. The van der Waals surface area contributed by atoms with Crippen LogP contribution < -0.4 is 0 Å². The summed E-state index contributed by atoms with van der Waals surface area (Å²) in [6.07, 6.45) is 10.8. The van der Waals surface area contributed by atoms with Crippen LogP contribution in [0.3, 0.4) is 0 Å². The number of rotatable bonds is 8. The SMILES string of the molecule is O=C(CC1CCCCC1)N1CCC(c2nc(CCOCC3CCOCC3)no2)C1. The second-order valence-electron chi connectivity index (χ2n) is 8.96. The highest BCUT2D eigenvalue weighted by atomic mass is 16.5. The minimum Gasteiger partial charge on any atom is -0.381 e. The number of carbonyl (C=O) groups excluding carboxylic acids is 1. The number of ether oxygens (including phenoxy) is 2. The highest BCUT2D eigenvalue weighted by Gasteiger charge is 2.32. The van der Waals surface area contributed by atoms with Crippen molar-refractivity contribution in [2.24, 2.45) is 11.8 Å². The van der Waals surface area contributed by atoms with Gasteiger partial charge in [-0.05, 0) is 43.9 Å². The molecule has 162 valence electrons. The molecule has 1 unspecified atom stereocenters. The Bertz CT molecular complexity index is 638. The van der Waals surface area contributed by atoms with Crippen LogP contribution in [0, 0.1) is 11.8 Å². The van der Waals surface area contributed by atoms with Crippen LogP contribution in [0.15, 0.2) is 4.52 Å². The van der Waals surface area contributed by atoms with Crippen molar-refractivity contribution < 1.29 is 18.8 Å². The predicted octanol–water partition coefficient (Wildman–Crippen LogP) is 3.34. The van der Waals surface area contributed by atoms with E-state index in [1.54, 1.807) is 0 Å². The Kier molecular flexibility index (Phi) is 7.55. The molecule has 3 fully saturated rings. The summed E-state index contributed by atoms with van der Waals surface area (Å²) in [5.74, 6) is 3.07. The molecule has 1 amide bonds. The Labute approximate surface area is 173 Å². The van der Waals surface area contributed by atoms with E-state index in [1.807, 2.05) is 4.90 Å². The molecule has 1 aromatic heterocycles. The van der Waals surface area contributed by atoms with E-state index in [1.165, 1.54) is 32.1 Å². The van der Waals surface area contributed by atoms with Crippen molar-refractivity contribution in [3.63, 3.8) is 0 Å². The number of hydrogen-bond acceptors (Lipinski definition) is 6. The number of aromatic nitrogens is 2. The van der Waals surface area contributed by atoms with Crippen LogP contribution in [-0.4, -0.2) is 60.5 Å². The Morgan fingerprint density at radius 2 is 1.90 bits per heavy atom. The first-order valence-corrected chi connectivity index (χ1v) is 11.5. The largest absolute Gasteiger partial charge is 0.381 e. The van der Waals surface area contributed by atoms with Crippen LogP contribution >= 0.6 is 0 Å². The molecule has 7 heteroatoms. The molecule has 2 saturated heterocycles. The average Bonchev–Trinajstić information content (AvgIpc) is 3.42. The molecule has 0 radical (unpaired) electrons. The molecule has 2 aliphatic heterocycles. The zero-order valence-electron chi connectivity index (χ0n) is 17.5. The lowest BCUT2D eigenvalue weighted by atomic mass is 9.87. The minimum atomic E-state index is 0.176. The number of nitrogens with zero attached hydrogens (tertiary/aromatic N) is 3. The molecular weight excluding hydrogens is 370 g/mol. The van der Waals surface area contributed by atoms with Gasteiger partial charge in [-0.1, -0.05) is 24.4 Å². The van der Waals surface area contributed by atoms with Crippen molar-refractivity contribution in [2.75, 3.05) is 39.5 Å². The molecule has 1 saturated carbocycles. The smallest absolute Gasteiger partial charge is 0.231 e. The van der Waals surface area contributed by atoms with Gasteiger partial charge in [-0.2, -0.15) is 4.98 Å². The van der Waals surface area contributed by atoms with E-state index >= 15 is 0 Å². The third kappa shape index (κ3) is 6.01. The maximum absolute atomic E-state index is 12.6. The van der Waals surface area contributed by atoms with E-state index in [0.29, 0.717) is 55.5 Å². The van der Waals surface area contributed by atoms with E-state index in [2.05, 4.69) is 10.1 Å². The normalized spacial score (nSPS) is 24.3. The van der Waals surface area contributed by atoms with Crippen LogP contribution in [0.1, 0.15) is 75.4 Å². The zero-order valence-corrected chi connectivity index (χ0v) is 17.5. The van der Waals surface area contributed by atoms with E-state index < -0.39 is 0 Å². The molecular formula is C22H35N3O4. The second kappa shape index (κ2) is 10.5. The van der Waals surface area contributed by atoms with Crippen molar-refractivity contribution in [1.29, 1.82) is 0 Å². The molecule has 0 bridgehead atoms. The van der Waals surface area contributed by atoms with Crippen LogP contribution in [-0.2, 0) is 20.7 Å². The number of carbonyl (C=O) groups is 1. The fourth-order valence-corrected chi connectivity index (χ4v) is 4.82. The molecule has 4 rings (SSSR count). The molecule has 1 aromatic rings. The van der Waals surface area contributed by atoms with Gasteiger partial charge in [-0.25, -0.2) is 0 Å². The Morgan fingerprint density at radius 1 is 1.07 bits per heavy atom. The van der Waals surface area contributed by atoms with Gasteiger partial charge in [0.1, 0.15) is 0 Å². The first-order valence-electron chi connectivity index (χ1n) is 11.5. The number of likely N-dealkylation sites (tertiary alicyclic amines) is 1. The van der Waals surface area contributed by atoms with Gasteiger partial charge in [-0.15, -0.1) is 0 Å². The van der Waals surface area contributed by atoms with E-state index in [4.69, 9.17) is 14.0 Å². The van der Waals surface area contributed by atoms with Gasteiger partial charge >= 0.3 is 0 Å². The van der Waals surface area contributed by atoms with Gasteiger partial charge in [0.05, 0.1) is 12.5 Å². The van der Waals surface area contributed by atoms with Crippen LogP contribution in [0.25, 0.3) is 0 Å². The molecule has 0 aromatic carbocycles. The summed E-state index contributed by atoms with van der Waals surface area (Å²) in [6.45, 7) is 4.63. The molecule has 0 spiro atoms. The fraction of sp³-hybridized carbons (Fsp3) is 0.864. The average molecular weight is 406 g/mol.